The van der Waals surface area contributed by atoms with Crippen molar-refractivity contribution < 1.29 is 29.6 Å². The summed E-state index contributed by atoms with van der Waals surface area (Å²) in [6, 6.07) is 0. The van der Waals surface area contributed by atoms with Crippen LogP contribution >= 0.6 is 0 Å². The summed E-state index contributed by atoms with van der Waals surface area (Å²) in [6.45, 7) is 1.14. The highest BCUT2D eigenvalue weighted by molar-refractivity contribution is 6.08. The molecule has 4 N–H and O–H groups in total. The number of rotatable bonds is 2. The van der Waals surface area contributed by atoms with Crippen LogP contribution in [0.1, 0.15) is 6.92 Å². The van der Waals surface area contributed by atoms with E-state index < -0.39 is 48.8 Å². The number of carbonyl (C=O) groups excluding carboxylic acids is 2. The largest absolute Gasteiger partial charge is 0.394 e. The standard InChI is InChI=1S/C11H15NO6/c1-4-2-5(11(17)12-10(4)16)9-8(15)7(14)6(3-13)18-9/h2,4,6-9,13-15H,3H2,1H3,(H,12,16,17)/t4?,6-,7-,8-,9+/m1/s1. The summed E-state index contributed by atoms with van der Waals surface area (Å²) in [5.74, 6) is -1.58. The van der Waals surface area contributed by atoms with Gasteiger partial charge in [0, 0.05) is 5.57 Å². The van der Waals surface area contributed by atoms with E-state index in [0.29, 0.717) is 0 Å². The van der Waals surface area contributed by atoms with Gasteiger partial charge in [-0.15, -0.1) is 0 Å². The van der Waals surface area contributed by atoms with Gasteiger partial charge in [-0.3, -0.25) is 14.9 Å². The maximum absolute atomic E-state index is 11.6. The van der Waals surface area contributed by atoms with Crippen LogP contribution in [-0.4, -0.2) is 58.2 Å². The topological polar surface area (TPSA) is 116 Å². The second-order valence-corrected chi connectivity index (χ2v) is 4.49. The molecule has 2 rings (SSSR count). The van der Waals surface area contributed by atoms with Crippen molar-refractivity contribution in [2.75, 3.05) is 6.61 Å². The molecule has 1 unspecified atom stereocenters. The molecule has 1 saturated heterocycles. The fraction of sp³-hybridized carbons (Fsp3) is 0.636. The van der Waals surface area contributed by atoms with Crippen molar-refractivity contribution in [1.82, 2.24) is 5.32 Å². The molecule has 18 heavy (non-hydrogen) atoms. The zero-order chi connectivity index (χ0) is 13.4. The fourth-order valence-corrected chi connectivity index (χ4v) is 2.10. The fourth-order valence-electron chi connectivity index (χ4n) is 2.10. The van der Waals surface area contributed by atoms with E-state index in [9.17, 15) is 19.8 Å². The minimum absolute atomic E-state index is 0.101. The third kappa shape index (κ3) is 2.05. The minimum Gasteiger partial charge on any atom is -0.394 e. The predicted molar refractivity (Wildman–Crippen MR) is 58.2 cm³/mol. The molecule has 0 spiro atoms. The molecule has 100 valence electrons. The zero-order valence-corrected chi connectivity index (χ0v) is 9.74. The number of nitrogens with one attached hydrogen (secondary N) is 1. The molecular formula is C11H15NO6. The monoisotopic (exact) mass is 257 g/mol. The molecule has 2 heterocycles. The normalized spacial score (nSPS) is 40.7. The first kappa shape index (κ1) is 13.2. The van der Waals surface area contributed by atoms with Gasteiger partial charge in [0.2, 0.25) is 5.91 Å². The van der Waals surface area contributed by atoms with Crippen molar-refractivity contribution in [1.29, 1.82) is 0 Å². The predicted octanol–water partition coefficient (Wildman–Crippen LogP) is -2.31. The SMILES string of the molecule is CC1C=C([C@@H]2O[C@H](CO)[C@@H](O)[C@H]2O)C(=O)NC1=O. The minimum atomic E-state index is -1.31. The van der Waals surface area contributed by atoms with Crippen LogP contribution in [0.2, 0.25) is 0 Å². The molecule has 0 aromatic carbocycles. The zero-order valence-electron chi connectivity index (χ0n) is 9.74. The van der Waals surface area contributed by atoms with E-state index in [2.05, 4.69) is 5.32 Å². The molecule has 2 aliphatic heterocycles. The lowest BCUT2D eigenvalue weighted by molar-refractivity contribution is -0.132. The molecule has 2 amide bonds. The second kappa shape index (κ2) is 4.77. The van der Waals surface area contributed by atoms with Crippen molar-refractivity contribution in [2.24, 2.45) is 5.92 Å². The Bertz CT molecular complexity index is 406. The highest BCUT2D eigenvalue weighted by Gasteiger charge is 2.46. The molecule has 0 saturated carbocycles. The van der Waals surface area contributed by atoms with Crippen molar-refractivity contribution >= 4 is 11.8 Å². The average molecular weight is 257 g/mol. The second-order valence-electron chi connectivity index (χ2n) is 4.49. The lowest BCUT2D eigenvalue weighted by Crippen LogP contribution is -2.44. The van der Waals surface area contributed by atoms with Crippen LogP contribution in [0.4, 0.5) is 0 Å². The van der Waals surface area contributed by atoms with E-state index in [1.807, 2.05) is 0 Å². The van der Waals surface area contributed by atoms with E-state index in [-0.39, 0.29) is 5.57 Å². The first-order valence-corrected chi connectivity index (χ1v) is 5.65. The molecule has 2 aliphatic rings. The van der Waals surface area contributed by atoms with Crippen LogP contribution < -0.4 is 5.32 Å². The summed E-state index contributed by atoms with van der Waals surface area (Å²) >= 11 is 0. The summed E-state index contributed by atoms with van der Waals surface area (Å²) in [4.78, 5) is 22.9. The Kier molecular flexibility index (Phi) is 3.49. The number of aliphatic hydroxyl groups excluding tert-OH is 3. The Hall–Kier alpha value is -1.28. The van der Waals surface area contributed by atoms with Gasteiger partial charge in [0.15, 0.2) is 0 Å². The summed E-state index contributed by atoms with van der Waals surface area (Å²) in [7, 11) is 0. The summed E-state index contributed by atoms with van der Waals surface area (Å²) < 4.78 is 5.24. The number of carbonyl (C=O) groups is 2. The number of imide groups is 1. The third-order valence-corrected chi connectivity index (χ3v) is 3.19. The van der Waals surface area contributed by atoms with Gasteiger partial charge in [-0.05, 0) is 0 Å². The molecule has 0 aliphatic carbocycles. The lowest BCUT2D eigenvalue weighted by Gasteiger charge is -2.23. The smallest absolute Gasteiger partial charge is 0.256 e. The Labute approximate surface area is 103 Å². The number of ether oxygens (including phenoxy) is 1. The Morgan fingerprint density at radius 3 is 2.56 bits per heavy atom. The van der Waals surface area contributed by atoms with E-state index in [1.165, 1.54) is 6.08 Å². The molecule has 0 bridgehead atoms. The van der Waals surface area contributed by atoms with Crippen LogP contribution in [-0.2, 0) is 14.3 Å². The number of amides is 2. The van der Waals surface area contributed by atoms with Gasteiger partial charge in [-0.1, -0.05) is 13.0 Å². The molecular weight excluding hydrogens is 242 g/mol. The first-order valence-electron chi connectivity index (χ1n) is 5.65. The first-order chi connectivity index (χ1) is 8.45. The number of hydrogen-bond acceptors (Lipinski definition) is 6. The quantitative estimate of drug-likeness (QED) is 0.413. The Balaban J connectivity index is 2.24. The van der Waals surface area contributed by atoms with Gasteiger partial charge >= 0.3 is 0 Å². The van der Waals surface area contributed by atoms with Crippen molar-refractivity contribution in [3.63, 3.8) is 0 Å². The number of aliphatic hydroxyl groups is 3. The number of hydrogen-bond donors (Lipinski definition) is 4. The molecule has 5 atom stereocenters. The summed E-state index contributed by atoms with van der Waals surface area (Å²) in [5.41, 5.74) is 0.101. The molecule has 0 aromatic rings. The van der Waals surface area contributed by atoms with Gasteiger partial charge < -0.3 is 20.1 Å². The van der Waals surface area contributed by atoms with E-state index in [4.69, 9.17) is 9.84 Å². The highest BCUT2D eigenvalue weighted by Crippen LogP contribution is 2.28. The van der Waals surface area contributed by atoms with Crippen LogP contribution in [0.3, 0.4) is 0 Å². The molecule has 0 radical (unpaired) electrons. The van der Waals surface area contributed by atoms with Gasteiger partial charge in [0.1, 0.15) is 24.4 Å². The Morgan fingerprint density at radius 2 is 2.00 bits per heavy atom. The molecule has 7 nitrogen and oxygen atoms in total. The molecule has 7 heteroatoms. The average Bonchev–Trinajstić information content (AvgIpc) is 2.61. The van der Waals surface area contributed by atoms with Crippen molar-refractivity contribution in [3.8, 4) is 0 Å². The summed E-state index contributed by atoms with van der Waals surface area (Å²) in [6.07, 6.45) is -3.14. The van der Waals surface area contributed by atoms with Crippen LogP contribution in [0.15, 0.2) is 11.6 Å². The van der Waals surface area contributed by atoms with E-state index >= 15 is 0 Å². The maximum atomic E-state index is 11.6. The van der Waals surface area contributed by atoms with E-state index in [0.717, 1.165) is 0 Å². The summed E-state index contributed by atoms with van der Waals surface area (Å²) in [5, 5.41) is 30.5. The van der Waals surface area contributed by atoms with Crippen molar-refractivity contribution in [2.45, 2.75) is 31.3 Å². The van der Waals surface area contributed by atoms with Gasteiger partial charge in [0.05, 0.1) is 12.5 Å². The Morgan fingerprint density at radius 1 is 1.33 bits per heavy atom. The van der Waals surface area contributed by atoms with Gasteiger partial charge in [-0.2, -0.15) is 0 Å². The maximum Gasteiger partial charge on any atom is 0.256 e. The van der Waals surface area contributed by atoms with Gasteiger partial charge in [0.25, 0.3) is 5.91 Å². The van der Waals surface area contributed by atoms with Crippen LogP contribution in [0.25, 0.3) is 0 Å². The molecule has 0 aromatic heterocycles. The highest BCUT2D eigenvalue weighted by atomic mass is 16.6. The van der Waals surface area contributed by atoms with Crippen LogP contribution in [0.5, 0.6) is 0 Å². The van der Waals surface area contributed by atoms with E-state index in [1.54, 1.807) is 6.92 Å². The van der Waals surface area contributed by atoms with Crippen molar-refractivity contribution in [3.05, 3.63) is 11.6 Å². The third-order valence-electron chi connectivity index (χ3n) is 3.19. The van der Waals surface area contributed by atoms with Gasteiger partial charge in [-0.25, -0.2) is 0 Å². The lowest BCUT2D eigenvalue weighted by atomic mass is 9.94. The van der Waals surface area contributed by atoms with Crippen LogP contribution in [0, 0.1) is 5.92 Å². The molecule has 1 fully saturated rings.